The summed E-state index contributed by atoms with van der Waals surface area (Å²) in [5.41, 5.74) is 6.74. The van der Waals surface area contributed by atoms with Gasteiger partial charge < -0.3 is 0 Å². The zero-order valence-electron chi connectivity index (χ0n) is 11.8. The first kappa shape index (κ1) is 13.3. The molecule has 0 fully saturated rings. The van der Waals surface area contributed by atoms with Gasteiger partial charge in [0.2, 0.25) is 0 Å². The van der Waals surface area contributed by atoms with Crippen molar-refractivity contribution in [1.29, 1.82) is 0 Å². The second-order valence-corrected chi connectivity index (χ2v) is 4.80. The van der Waals surface area contributed by atoms with E-state index >= 15 is 0 Å². The van der Waals surface area contributed by atoms with Crippen LogP contribution in [-0.2, 0) is 0 Å². The summed E-state index contributed by atoms with van der Waals surface area (Å²) in [5.74, 6) is 0. The van der Waals surface area contributed by atoms with Crippen LogP contribution < -0.4 is 0 Å². The van der Waals surface area contributed by atoms with Crippen LogP contribution in [0.5, 0.6) is 0 Å². The molecule has 1 heteroatoms. The maximum absolute atomic E-state index is 4.52. The van der Waals surface area contributed by atoms with Gasteiger partial charge >= 0.3 is 0 Å². The van der Waals surface area contributed by atoms with Gasteiger partial charge in [-0.3, -0.25) is 4.99 Å². The summed E-state index contributed by atoms with van der Waals surface area (Å²) in [7, 11) is 0. The van der Waals surface area contributed by atoms with Crippen LogP contribution in [0.15, 0.2) is 65.8 Å². The molecule has 0 aliphatic carbocycles. The molecule has 96 valence electrons. The predicted octanol–water partition coefficient (Wildman–Crippen LogP) is 5.00. The molecule has 2 rings (SSSR count). The van der Waals surface area contributed by atoms with E-state index in [1.807, 2.05) is 19.9 Å². The Bertz CT molecular complexity index is 621. The molecule has 0 spiro atoms. The zero-order chi connectivity index (χ0) is 13.8. The Hall–Kier alpha value is -2.15. The van der Waals surface area contributed by atoms with E-state index in [-0.39, 0.29) is 0 Å². The molecule has 0 atom stereocenters. The fourth-order valence-electron chi connectivity index (χ4n) is 2.35. The monoisotopic (exact) mass is 249 g/mol. The fraction of sp³-hybridized carbons (Fsp3) is 0.167. The lowest BCUT2D eigenvalue weighted by atomic mass is 9.93. The highest BCUT2D eigenvalue weighted by Crippen LogP contribution is 2.27. The van der Waals surface area contributed by atoms with Gasteiger partial charge in [0.25, 0.3) is 0 Å². The average Bonchev–Trinajstić information content (AvgIpc) is 2.38. The van der Waals surface area contributed by atoms with Crippen molar-refractivity contribution in [1.82, 2.24) is 0 Å². The molecule has 0 N–H and O–H groups in total. The number of rotatable bonds is 3. The summed E-state index contributed by atoms with van der Waals surface area (Å²) in [4.78, 5) is 4.52. The highest BCUT2D eigenvalue weighted by Gasteiger charge is 2.10. The minimum Gasteiger partial charge on any atom is -0.258 e. The SMILES string of the molecule is C=C(C)N=C(C)c1c(C)cccc1-c1ccccc1. The number of hydrogen-bond acceptors (Lipinski definition) is 1. The van der Waals surface area contributed by atoms with Crippen molar-refractivity contribution < 1.29 is 0 Å². The molecule has 0 aliphatic rings. The summed E-state index contributed by atoms with van der Waals surface area (Å²) >= 11 is 0. The standard InChI is InChI=1S/C18H19N/c1-13(2)19-15(4)18-14(3)9-8-12-17(18)16-10-6-5-7-11-16/h5-12H,1H2,2-4H3. The normalized spacial score (nSPS) is 11.4. The van der Waals surface area contributed by atoms with E-state index in [1.54, 1.807) is 0 Å². The Labute approximate surface area is 115 Å². The van der Waals surface area contributed by atoms with E-state index in [0.717, 1.165) is 11.4 Å². The van der Waals surface area contributed by atoms with Crippen molar-refractivity contribution in [2.24, 2.45) is 4.99 Å². The van der Waals surface area contributed by atoms with Gasteiger partial charge in [-0.05, 0) is 37.5 Å². The molecule has 1 nitrogen and oxygen atoms in total. The predicted molar refractivity (Wildman–Crippen MR) is 83.6 cm³/mol. The number of benzene rings is 2. The van der Waals surface area contributed by atoms with Gasteiger partial charge in [0, 0.05) is 17.0 Å². The molecule has 2 aromatic carbocycles. The van der Waals surface area contributed by atoms with Gasteiger partial charge in [-0.1, -0.05) is 55.1 Å². The number of hydrogen-bond donors (Lipinski definition) is 0. The minimum atomic E-state index is 0.833. The smallest absolute Gasteiger partial charge is 0.0456 e. The molecule has 0 saturated carbocycles. The molecule has 0 radical (unpaired) electrons. The Morgan fingerprint density at radius 1 is 0.947 bits per heavy atom. The summed E-state index contributed by atoms with van der Waals surface area (Å²) in [6.07, 6.45) is 0. The third-order valence-electron chi connectivity index (χ3n) is 3.08. The highest BCUT2D eigenvalue weighted by atomic mass is 14.7. The minimum absolute atomic E-state index is 0.833. The van der Waals surface area contributed by atoms with Gasteiger partial charge in [-0.25, -0.2) is 0 Å². The number of allylic oxidation sites excluding steroid dienone is 1. The molecule has 0 aliphatic heterocycles. The molecule has 0 amide bonds. The Morgan fingerprint density at radius 2 is 1.63 bits per heavy atom. The lowest BCUT2D eigenvalue weighted by Gasteiger charge is -2.13. The number of aryl methyl sites for hydroxylation is 1. The summed E-state index contributed by atoms with van der Waals surface area (Å²) in [6, 6.07) is 16.8. The third-order valence-corrected chi connectivity index (χ3v) is 3.08. The highest BCUT2D eigenvalue weighted by molar-refractivity contribution is 6.06. The molecule has 0 unspecified atom stereocenters. The van der Waals surface area contributed by atoms with Crippen LogP contribution in [0.3, 0.4) is 0 Å². The van der Waals surface area contributed by atoms with Crippen molar-refractivity contribution in [2.75, 3.05) is 0 Å². The summed E-state index contributed by atoms with van der Waals surface area (Å²) in [6.45, 7) is 9.96. The van der Waals surface area contributed by atoms with Crippen LogP contribution in [-0.4, -0.2) is 5.71 Å². The van der Waals surface area contributed by atoms with E-state index in [2.05, 4.69) is 61.0 Å². The van der Waals surface area contributed by atoms with Gasteiger partial charge in [-0.15, -0.1) is 0 Å². The van der Waals surface area contributed by atoms with E-state index < -0.39 is 0 Å². The van der Waals surface area contributed by atoms with Crippen molar-refractivity contribution in [3.8, 4) is 11.1 Å². The molecular weight excluding hydrogens is 230 g/mol. The summed E-state index contributed by atoms with van der Waals surface area (Å²) in [5, 5.41) is 0. The molecule has 0 heterocycles. The van der Waals surface area contributed by atoms with Crippen LogP contribution in [0.1, 0.15) is 25.0 Å². The number of nitrogens with zero attached hydrogens (tertiary/aromatic N) is 1. The molecular formula is C18H19N. The van der Waals surface area contributed by atoms with Crippen molar-refractivity contribution >= 4 is 5.71 Å². The van der Waals surface area contributed by atoms with Gasteiger partial charge in [0.1, 0.15) is 0 Å². The molecule has 0 bridgehead atoms. The van der Waals surface area contributed by atoms with Gasteiger partial charge in [0.05, 0.1) is 0 Å². The van der Waals surface area contributed by atoms with Crippen LogP contribution >= 0.6 is 0 Å². The van der Waals surface area contributed by atoms with Crippen molar-refractivity contribution in [2.45, 2.75) is 20.8 Å². The molecule has 2 aromatic rings. The molecule has 19 heavy (non-hydrogen) atoms. The summed E-state index contributed by atoms with van der Waals surface area (Å²) < 4.78 is 0. The quantitative estimate of drug-likeness (QED) is 0.678. The van der Waals surface area contributed by atoms with Crippen molar-refractivity contribution in [3.05, 3.63) is 71.9 Å². The van der Waals surface area contributed by atoms with Gasteiger partial charge in [-0.2, -0.15) is 0 Å². The maximum Gasteiger partial charge on any atom is 0.0456 e. The van der Waals surface area contributed by atoms with E-state index in [0.29, 0.717) is 0 Å². The van der Waals surface area contributed by atoms with E-state index in [1.165, 1.54) is 22.3 Å². The van der Waals surface area contributed by atoms with E-state index in [9.17, 15) is 0 Å². The third kappa shape index (κ3) is 3.00. The van der Waals surface area contributed by atoms with E-state index in [4.69, 9.17) is 0 Å². The van der Waals surface area contributed by atoms with Crippen LogP contribution in [0.25, 0.3) is 11.1 Å². The lowest BCUT2D eigenvalue weighted by molar-refractivity contribution is 1.30. The van der Waals surface area contributed by atoms with Crippen molar-refractivity contribution in [3.63, 3.8) is 0 Å². The largest absolute Gasteiger partial charge is 0.258 e. The van der Waals surface area contributed by atoms with Gasteiger partial charge in [0.15, 0.2) is 0 Å². The molecule has 0 saturated heterocycles. The Balaban J connectivity index is 2.64. The first-order valence-electron chi connectivity index (χ1n) is 6.46. The molecule has 0 aromatic heterocycles. The fourth-order valence-corrected chi connectivity index (χ4v) is 2.35. The lowest BCUT2D eigenvalue weighted by Crippen LogP contribution is -2.01. The van der Waals surface area contributed by atoms with Crippen LogP contribution in [0.4, 0.5) is 0 Å². The second kappa shape index (κ2) is 5.66. The van der Waals surface area contributed by atoms with Crippen LogP contribution in [0.2, 0.25) is 0 Å². The second-order valence-electron chi connectivity index (χ2n) is 4.80. The first-order chi connectivity index (χ1) is 9.09. The first-order valence-corrected chi connectivity index (χ1v) is 6.46. The Morgan fingerprint density at radius 3 is 2.26 bits per heavy atom. The zero-order valence-corrected chi connectivity index (χ0v) is 11.8. The number of aliphatic imine (C=N–C) groups is 1. The topological polar surface area (TPSA) is 12.4 Å². The average molecular weight is 249 g/mol. The van der Waals surface area contributed by atoms with Crippen LogP contribution in [0, 0.1) is 6.92 Å². The Kier molecular flexibility index (Phi) is 3.96. The maximum atomic E-state index is 4.52.